The third kappa shape index (κ3) is 4.91. The molecule has 6 nitrogen and oxygen atoms in total. The number of ether oxygens (including phenoxy) is 1. The van der Waals surface area contributed by atoms with Crippen molar-refractivity contribution in [2.75, 3.05) is 39.1 Å². The fourth-order valence-electron chi connectivity index (χ4n) is 2.42. The van der Waals surface area contributed by atoms with Crippen LogP contribution >= 0.6 is 11.6 Å². The summed E-state index contributed by atoms with van der Waals surface area (Å²) in [6, 6.07) is 4.45. The van der Waals surface area contributed by atoms with Crippen molar-refractivity contribution >= 4 is 27.3 Å². The van der Waals surface area contributed by atoms with E-state index in [-0.39, 0.29) is 27.4 Å². The molecule has 8 heteroatoms. The molecule has 128 valence electrons. The van der Waals surface area contributed by atoms with Crippen LogP contribution < -0.4 is 5.32 Å². The van der Waals surface area contributed by atoms with Crippen LogP contribution in [0.25, 0.3) is 0 Å². The van der Waals surface area contributed by atoms with Crippen LogP contribution in [0.1, 0.15) is 17.3 Å². The molecule has 1 N–H and O–H groups in total. The Labute approximate surface area is 141 Å². The summed E-state index contributed by atoms with van der Waals surface area (Å²) in [5.41, 5.74) is 0.281. The van der Waals surface area contributed by atoms with Crippen LogP contribution in [0.4, 0.5) is 0 Å². The molecular weight excluding hydrogens is 340 g/mol. The smallest absolute Gasteiger partial charge is 0.251 e. The van der Waals surface area contributed by atoms with Crippen molar-refractivity contribution in [3.63, 3.8) is 0 Å². The number of nitrogens with zero attached hydrogens (tertiary/aromatic N) is 1. The Morgan fingerprint density at radius 1 is 1.39 bits per heavy atom. The van der Waals surface area contributed by atoms with Crippen LogP contribution in [0, 0.1) is 0 Å². The molecule has 1 fully saturated rings. The van der Waals surface area contributed by atoms with Gasteiger partial charge in [0.25, 0.3) is 5.91 Å². The van der Waals surface area contributed by atoms with E-state index in [4.69, 9.17) is 16.3 Å². The number of hydrogen-bond donors (Lipinski definition) is 1. The first-order chi connectivity index (χ1) is 10.8. The summed E-state index contributed by atoms with van der Waals surface area (Å²) in [4.78, 5) is 14.4. The van der Waals surface area contributed by atoms with Gasteiger partial charge in [0.15, 0.2) is 9.84 Å². The second-order valence-electron chi connectivity index (χ2n) is 5.62. The van der Waals surface area contributed by atoms with Gasteiger partial charge in [0.1, 0.15) is 0 Å². The van der Waals surface area contributed by atoms with Crippen molar-refractivity contribution in [1.29, 1.82) is 0 Å². The van der Waals surface area contributed by atoms with Crippen LogP contribution in [0.5, 0.6) is 0 Å². The quantitative estimate of drug-likeness (QED) is 0.853. The highest BCUT2D eigenvalue weighted by Gasteiger charge is 2.19. The van der Waals surface area contributed by atoms with Gasteiger partial charge in [0, 0.05) is 37.5 Å². The summed E-state index contributed by atoms with van der Waals surface area (Å²) >= 11 is 5.89. The molecule has 1 atom stereocenters. The lowest BCUT2D eigenvalue weighted by Gasteiger charge is -2.32. The van der Waals surface area contributed by atoms with E-state index in [0.29, 0.717) is 19.8 Å². The van der Waals surface area contributed by atoms with Crippen molar-refractivity contribution < 1.29 is 17.9 Å². The van der Waals surface area contributed by atoms with E-state index < -0.39 is 9.84 Å². The van der Waals surface area contributed by atoms with Crippen LogP contribution in [0.3, 0.4) is 0 Å². The van der Waals surface area contributed by atoms with Gasteiger partial charge in [0.05, 0.1) is 23.1 Å². The minimum absolute atomic E-state index is 0.0342. The van der Waals surface area contributed by atoms with Gasteiger partial charge < -0.3 is 10.1 Å². The zero-order chi connectivity index (χ0) is 17.0. The Morgan fingerprint density at radius 2 is 2.04 bits per heavy atom. The molecule has 1 aliphatic heterocycles. The lowest BCUT2D eigenvalue weighted by molar-refractivity contribution is 0.0204. The van der Waals surface area contributed by atoms with Gasteiger partial charge in [0.2, 0.25) is 0 Å². The summed E-state index contributed by atoms with van der Waals surface area (Å²) in [5, 5.41) is 2.95. The molecule has 23 heavy (non-hydrogen) atoms. The van der Waals surface area contributed by atoms with Crippen LogP contribution in [0.15, 0.2) is 23.1 Å². The fourth-order valence-corrected chi connectivity index (χ4v) is 3.72. The highest BCUT2D eigenvalue weighted by atomic mass is 35.5. The van der Waals surface area contributed by atoms with Crippen LogP contribution in [-0.2, 0) is 14.6 Å². The summed E-state index contributed by atoms with van der Waals surface area (Å²) in [6.45, 7) is 5.61. The first kappa shape index (κ1) is 18.2. The number of carbonyl (C=O) groups is 1. The molecule has 2 rings (SSSR count). The average Bonchev–Trinajstić information content (AvgIpc) is 2.52. The van der Waals surface area contributed by atoms with Crippen molar-refractivity contribution in [3.8, 4) is 0 Å². The number of amides is 1. The molecule has 0 aliphatic carbocycles. The molecule has 1 heterocycles. The maximum Gasteiger partial charge on any atom is 0.251 e. The van der Waals surface area contributed by atoms with Gasteiger partial charge >= 0.3 is 0 Å². The molecule has 1 amide bonds. The summed E-state index contributed by atoms with van der Waals surface area (Å²) < 4.78 is 28.6. The fraction of sp³-hybridized carbons (Fsp3) is 0.533. The second kappa shape index (κ2) is 7.61. The lowest BCUT2D eigenvalue weighted by atomic mass is 10.2. The Hall–Kier alpha value is -1.15. The summed E-state index contributed by atoms with van der Waals surface area (Å²) in [6.07, 6.45) is 1.07. The lowest BCUT2D eigenvalue weighted by Crippen LogP contribution is -2.47. The molecule has 0 bridgehead atoms. The topological polar surface area (TPSA) is 75.7 Å². The SMILES string of the molecule is CC(CNC(=O)c1ccc(Cl)c(S(C)(=O)=O)c1)N1CCOCC1. The number of hydrogen-bond acceptors (Lipinski definition) is 5. The maximum absolute atomic E-state index is 12.2. The van der Waals surface area contributed by atoms with Gasteiger partial charge in [-0.3, -0.25) is 9.69 Å². The third-order valence-corrected chi connectivity index (χ3v) is 5.40. The molecule has 0 aromatic heterocycles. The predicted molar refractivity (Wildman–Crippen MR) is 88.7 cm³/mol. The van der Waals surface area contributed by atoms with Crippen molar-refractivity contribution in [1.82, 2.24) is 10.2 Å². The normalized spacial score (nSPS) is 17.7. The van der Waals surface area contributed by atoms with Crippen molar-refractivity contribution in [3.05, 3.63) is 28.8 Å². The number of morpholine rings is 1. The molecule has 1 aliphatic rings. The van der Waals surface area contributed by atoms with Gasteiger partial charge in [-0.1, -0.05) is 11.6 Å². The van der Waals surface area contributed by atoms with Gasteiger partial charge in [-0.05, 0) is 25.1 Å². The number of halogens is 1. The number of benzene rings is 1. The van der Waals surface area contributed by atoms with Crippen LogP contribution in [-0.4, -0.2) is 64.4 Å². The highest BCUT2D eigenvalue weighted by molar-refractivity contribution is 7.90. The molecule has 1 unspecified atom stereocenters. The molecule has 0 saturated carbocycles. The number of carbonyl (C=O) groups excluding carboxylic acids is 1. The van der Waals surface area contributed by atoms with E-state index in [0.717, 1.165) is 19.3 Å². The number of nitrogens with one attached hydrogen (secondary N) is 1. The van der Waals surface area contributed by atoms with E-state index in [1.54, 1.807) is 0 Å². The first-order valence-corrected chi connectivity index (χ1v) is 9.65. The summed E-state index contributed by atoms with van der Waals surface area (Å²) in [5.74, 6) is -0.313. The summed E-state index contributed by atoms with van der Waals surface area (Å²) in [7, 11) is -3.47. The van der Waals surface area contributed by atoms with E-state index in [9.17, 15) is 13.2 Å². The average molecular weight is 361 g/mol. The van der Waals surface area contributed by atoms with E-state index in [1.807, 2.05) is 6.92 Å². The van der Waals surface area contributed by atoms with Gasteiger partial charge in [-0.2, -0.15) is 0 Å². The minimum Gasteiger partial charge on any atom is -0.379 e. The predicted octanol–water partition coefficient (Wildman–Crippen LogP) is 1.19. The maximum atomic E-state index is 12.2. The first-order valence-electron chi connectivity index (χ1n) is 7.38. The van der Waals surface area contributed by atoms with Crippen LogP contribution in [0.2, 0.25) is 5.02 Å². The highest BCUT2D eigenvalue weighted by Crippen LogP contribution is 2.22. The third-order valence-electron chi connectivity index (χ3n) is 3.82. The zero-order valence-corrected chi connectivity index (χ0v) is 14.8. The molecular formula is C15H21ClN2O4S. The van der Waals surface area contributed by atoms with Gasteiger partial charge in [-0.25, -0.2) is 8.42 Å². The minimum atomic E-state index is -3.47. The number of rotatable bonds is 5. The molecule has 0 radical (unpaired) electrons. The Bertz CT molecular complexity index is 672. The molecule has 1 aromatic rings. The molecule has 1 saturated heterocycles. The van der Waals surface area contributed by atoms with Crippen molar-refractivity contribution in [2.24, 2.45) is 0 Å². The Balaban J connectivity index is 2.00. The van der Waals surface area contributed by atoms with E-state index >= 15 is 0 Å². The largest absolute Gasteiger partial charge is 0.379 e. The number of sulfone groups is 1. The molecule has 1 aromatic carbocycles. The Morgan fingerprint density at radius 3 is 2.65 bits per heavy atom. The standard InChI is InChI=1S/C15H21ClN2O4S/c1-11(18-5-7-22-8-6-18)10-17-15(19)12-3-4-13(16)14(9-12)23(2,20)21/h3-4,9,11H,5-8,10H2,1-2H3,(H,17,19). The van der Waals surface area contributed by atoms with Crippen molar-refractivity contribution in [2.45, 2.75) is 17.9 Å². The van der Waals surface area contributed by atoms with Gasteiger partial charge in [-0.15, -0.1) is 0 Å². The van der Waals surface area contributed by atoms with E-state index in [2.05, 4.69) is 10.2 Å². The Kier molecular flexibility index (Phi) is 6.02. The molecule has 0 spiro atoms. The second-order valence-corrected chi connectivity index (χ2v) is 8.02. The monoisotopic (exact) mass is 360 g/mol. The zero-order valence-electron chi connectivity index (χ0n) is 13.2. The van der Waals surface area contributed by atoms with E-state index in [1.165, 1.54) is 18.2 Å².